The summed E-state index contributed by atoms with van der Waals surface area (Å²) in [5.41, 5.74) is 5.01. The van der Waals surface area contributed by atoms with E-state index in [1.54, 1.807) is 6.92 Å². The minimum Gasteiger partial charge on any atom is -0.350 e. The van der Waals surface area contributed by atoms with Gasteiger partial charge in [0.15, 0.2) is 0 Å². The first-order chi connectivity index (χ1) is 6.91. The van der Waals surface area contributed by atoms with Crippen LogP contribution in [0.4, 0.5) is 0 Å². The van der Waals surface area contributed by atoms with Crippen molar-refractivity contribution in [3.05, 3.63) is 34.4 Å². The van der Waals surface area contributed by atoms with Crippen LogP contribution in [-0.2, 0) is 4.79 Å². The van der Waals surface area contributed by atoms with Gasteiger partial charge in [-0.2, -0.15) is 0 Å². The maximum absolute atomic E-state index is 11.0. The van der Waals surface area contributed by atoms with Gasteiger partial charge in [0.2, 0.25) is 5.91 Å². The van der Waals surface area contributed by atoms with Crippen LogP contribution in [0.2, 0.25) is 0 Å². The molecule has 0 unspecified atom stereocenters. The van der Waals surface area contributed by atoms with Crippen molar-refractivity contribution in [3.63, 3.8) is 0 Å². The molecule has 0 fully saturated rings. The minimum atomic E-state index is 0.0140. The molecule has 1 N–H and O–H groups in total. The topological polar surface area (TPSA) is 29.1 Å². The zero-order valence-electron chi connectivity index (χ0n) is 10.1. The van der Waals surface area contributed by atoms with E-state index < -0.39 is 0 Å². The summed E-state index contributed by atoms with van der Waals surface area (Å²) < 4.78 is 0. The van der Waals surface area contributed by atoms with E-state index in [0.717, 1.165) is 0 Å². The van der Waals surface area contributed by atoms with E-state index in [1.807, 2.05) is 6.92 Å². The van der Waals surface area contributed by atoms with Crippen LogP contribution in [0.5, 0.6) is 0 Å². The van der Waals surface area contributed by atoms with Crippen molar-refractivity contribution in [3.8, 4) is 0 Å². The highest BCUT2D eigenvalue weighted by Gasteiger charge is 2.10. The lowest BCUT2D eigenvalue weighted by Crippen LogP contribution is -2.24. The van der Waals surface area contributed by atoms with Gasteiger partial charge >= 0.3 is 0 Å². The SMILES string of the molecule is CC(=O)N[C@H](C)c1cc(C)c(C)cc1C. The van der Waals surface area contributed by atoms with Crippen molar-refractivity contribution in [2.24, 2.45) is 0 Å². The second-order valence-corrected chi connectivity index (χ2v) is 4.22. The molecular formula is C13H19NO. The van der Waals surface area contributed by atoms with Crippen molar-refractivity contribution in [1.82, 2.24) is 5.32 Å². The first kappa shape index (κ1) is 11.8. The Hall–Kier alpha value is -1.31. The predicted octanol–water partition coefficient (Wildman–Crippen LogP) is 2.81. The summed E-state index contributed by atoms with van der Waals surface area (Å²) in [5.74, 6) is 0.0140. The van der Waals surface area contributed by atoms with E-state index in [9.17, 15) is 4.79 Å². The molecule has 0 aliphatic heterocycles. The molecule has 0 saturated heterocycles. The largest absolute Gasteiger partial charge is 0.350 e. The second kappa shape index (κ2) is 4.47. The summed E-state index contributed by atoms with van der Waals surface area (Å²) in [7, 11) is 0. The molecule has 1 aromatic rings. The molecular weight excluding hydrogens is 186 g/mol. The fourth-order valence-electron chi connectivity index (χ4n) is 1.83. The smallest absolute Gasteiger partial charge is 0.217 e. The summed E-state index contributed by atoms with van der Waals surface area (Å²) in [5, 5.41) is 2.91. The molecule has 0 heterocycles. The maximum atomic E-state index is 11.0. The predicted molar refractivity (Wildman–Crippen MR) is 62.9 cm³/mol. The number of hydrogen-bond acceptors (Lipinski definition) is 1. The zero-order valence-corrected chi connectivity index (χ0v) is 10.1. The van der Waals surface area contributed by atoms with Crippen molar-refractivity contribution in [2.75, 3.05) is 0 Å². The van der Waals surface area contributed by atoms with Gasteiger partial charge in [-0.05, 0) is 49.9 Å². The van der Waals surface area contributed by atoms with Crippen LogP contribution < -0.4 is 5.32 Å². The van der Waals surface area contributed by atoms with Crippen LogP contribution in [-0.4, -0.2) is 5.91 Å². The average molecular weight is 205 g/mol. The third-order valence-electron chi connectivity index (χ3n) is 2.77. The molecule has 0 aliphatic carbocycles. The first-order valence-corrected chi connectivity index (χ1v) is 5.26. The molecule has 0 bridgehead atoms. The van der Waals surface area contributed by atoms with Crippen LogP contribution in [0, 0.1) is 20.8 Å². The van der Waals surface area contributed by atoms with Crippen LogP contribution in [0.3, 0.4) is 0 Å². The Morgan fingerprint density at radius 2 is 1.67 bits per heavy atom. The molecule has 2 heteroatoms. The molecule has 0 spiro atoms. The molecule has 1 atom stereocenters. The number of rotatable bonds is 2. The Bertz CT molecular complexity index is 382. The molecule has 1 aromatic carbocycles. The monoisotopic (exact) mass is 205 g/mol. The molecule has 0 aromatic heterocycles. The van der Waals surface area contributed by atoms with E-state index in [0.29, 0.717) is 0 Å². The van der Waals surface area contributed by atoms with Gasteiger partial charge in [0.25, 0.3) is 0 Å². The molecule has 2 nitrogen and oxygen atoms in total. The lowest BCUT2D eigenvalue weighted by Gasteiger charge is -2.17. The van der Waals surface area contributed by atoms with Crippen molar-refractivity contribution in [2.45, 2.75) is 40.7 Å². The van der Waals surface area contributed by atoms with E-state index in [4.69, 9.17) is 0 Å². The lowest BCUT2D eigenvalue weighted by molar-refractivity contribution is -0.119. The Morgan fingerprint density at radius 3 is 2.20 bits per heavy atom. The van der Waals surface area contributed by atoms with Gasteiger partial charge in [0.05, 0.1) is 6.04 Å². The normalized spacial score (nSPS) is 12.3. The van der Waals surface area contributed by atoms with E-state index >= 15 is 0 Å². The van der Waals surface area contributed by atoms with Gasteiger partial charge in [0, 0.05) is 6.92 Å². The van der Waals surface area contributed by atoms with Gasteiger partial charge in [0.1, 0.15) is 0 Å². The quantitative estimate of drug-likeness (QED) is 0.790. The van der Waals surface area contributed by atoms with Crippen LogP contribution in [0.1, 0.15) is 42.1 Å². The van der Waals surface area contributed by atoms with Crippen LogP contribution >= 0.6 is 0 Å². The average Bonchev–Trinajstić information content (AvgIpc) is 2.09. The number of carbonyl (C=O) groups is 1. The summed E-state index contributed by atoms with van der Waals surface area (Å²) in [6, 6.07) is 4.41. The molecule has 0 aliphatic rings. The molecule has 82 valence electrons. The third-order valence-corrected chi connectivity index (χ3v) is 2.77. The highest BCUT2D eigenvalue weighted by atomic mass is 16.1. The van der Waals surface area contributed by atoms with Gasteiger partial charge < -0.3 is 5.32 Å². The minimum absolute atomic E-state index is 0.0140. The second-order valence-electron chi connectivity index (χ2n) is 4.22. The van der Waals surface area contributed by atoms with Crippen molar-refractivity contribution < 1.29 is 4.79 Å². The number of benzene rings is 1. The summed E-state index contributed by atoms with van der Waals surface area (Å²) in [6.07, 6.45) is 0. The number of aryl methyl sites for hydroxylation is 3. The van der Waals surface area contributed by atoms with E-state index in [2.05, 4.69) is 38.2 Å². The number of carbonyl (C=O) groups excluding carboxylic acids is 1. The standard InChI is InChI=1S/C13H19NO/c1-8-6-10(3)13(7-9(8)2)11(4)14-12(5)15/h6-7,11H,1-5H3,(H,14,15)/t11-/m1/s1. The fourth-order valence-corrected chi connectivity index (χ4v) is 1.83. The Kier molecular flexibility index (Phi) is 3.51. The number of hydrogen-bond donors (Lipinski definition) is 1. The Balaban J connectivity index is 3.03. The van der Waals surface area contributed by atoms with E-state index in [-0.39, 0.29) is 11.9 Å². The molecule has 0 radical (unpaired) electrons. The molecule has 0 saturated carbocycles. The van der Waals surface area contributed by atoms with Crippen molar-refractivity contribution >= 4 is 5.91 Å². The number of amides is 1. The highest BCUT2D eigenvalue weighted by molar-refractivity contribution is 5.73. The van der Waals surface area contributed by atoms with Gasteiger partial charge in [-0.1, -0.05) is 12.1 Å². The Labute approximate surface area is 91.7 Å². The summed E-state index contributed by atoms with van der Waals surface area (Å²) >= 11 is 0. The van der Waals surface area contributed by atoms with Crippen LogP contribution in [0.25, 0.3) is 0 Å². The van der Waals surface area contributed by atoms with Gasteiger partial charge in [-0.3, -0.25) is 4.79 Å². The van der Waals surface area contributed by atoms with Gasteiger partial charge in [-0.25, -0.2) is 0 Å². The summed E-state index contributed by atoms with van der Waals surface area (Å²) in [4.78, 5) is 11.0. The fraction of sp³-hybridized carbons (Fsp3) is 0.462. The highest BCUT2D eigenvalue weighted by Crippen LogP contribution is 2.21. The summed E-state index contributed by atoms with van der Waals surface area (Å²) in [6.45, 7) is 9.85. The van der Waals surface area contributed by atoms with Gasteiger partial charge in [-0.15, -0.1) is 0 Å². The third kappa shape index (κ3) is 2.82. The van der Waals surface area contributed by atoms with Crippen LogP contribution in [0.15, 0.2) is 12.1 Å². The zero-order chi connectivity index (χ0) is 11.6. The van der Waals surface area contributed by atoms with Crippen molar-refractivity contribution in [1.29, 1.82) is 0 Å². The molecule has 15 heavy (non-hydrogen) atoms. The molecule has 1 rings (SSSR count). The van der Waals surface area contributed by atoms with E-state index in [1.165, 1.54) is 22.3 Å². The number of nitrogens with one attached hydrogen (secondary N) is 1. The molecule has 1 amide bonds. The first-order valence-electron chi connectivity index (χ1n) is 5.26. The maximum Gasteiger partial charge on any atom is 0.217 e. The Morgan fingerprint density at radius 1 is 1.13 bits per heavy atom. The lowest BCUT2D eigenvalue weighted by atomic mass is 9.96.